The predicted molar refractivity (Wildman–Crippen MR) is 90.2 cm³/mol. The van der Waals surface area contributed by atoms with Gasteiger partial charge in [-0.05, 0) is 36.4 Å². The molecule has 0 aliphatic carbocycles. The zero-order valence-electron chi connectivity index (χ0n) is 12.9. The summed E-state index contributed by atoms with van der Waals surface area (Å²) in [5.74, 6) is -0.959. The molecule has 0 spiro atoms. The fourth-order valence-electron chi connectivity index (χ4n) is 1.94. The zero-order chi connectivity index (χ0) is 17.8. The van der Waals surface area contributed by atoms with Gasteiger partial charge in [0.1, 0.15) is 5.82 Å². The number of sulfonamides is 2. The molecule has 0 radical (unpaired) electrons. The molecule has 1 N–H and O–H groups in total. The Kier molecular flexibility index (Phi) is 5.58. The first-order chi connectivity index (χ1) is 11.2. The molecule has 0 aliphatic rings. The van der Waals surface area contributed by atoms with Gasteiger partial charge in [-0.15, -0.1) is 0 Å². The van der Waals surface area contributed by atoms with Crippen LogP contribution in [-0.2, 0) is 20.0 Å². The molecule has 2 aromatic rings. The highest BCUT2D eigenvalue weighted by Gasteiger charge is 2.20. The van der Waals surface area contributed by atoms with E-state index < -0.39 is 31.6 Å². The van der Waals surface area contributed by atoms with Gasteiger partial charge < -0.3 is 0 Å². The number of rotatable bonds is 7. The lowest BCUT2D eigenvalue weighted by Crippen LogP contribution is -2.35. The van der Waals surface area contributed by atoms with Crippen molar-refractivity contribution < 1.29 is 21.2 Å². The summed E-state index contributed by atoms with van der Waals surface area (Å²) in [6.45, 7) is -0.292. The minimum atomic E-state index is -3.89. The van der Waals surface area contributed by atoms with Crippen LogP contribution in [0.3, 0.4) is 0 Å². The molecule has 6 nitrogen and oxygen atoms in total. The van der Waals surface area contributed by atoms with E-state index >= 15 is 0 Å². The third-order valence-electron chi connectivity index (χ3n) is 3.31. The first-order valence-electron chi connectivity index (χ1n) is 6.99. The van der Waals surface area contributed by atoms with Crippen molar-refractivity contribution in [3.05, 3.63) is 60.4 Å². The van der Waals surface area contributed by atoms with Crippen LogP contribution in [0.15, 0.2) is 59.5 Å². The van der Waals surface area contributed by atoms with Crippen molar-refractivity contribution in [3.8, 4) is 0 Å². The highest BCUT2D eigenvalue weighted by molar-refractivity contribution is 7.93. The molecule has 0 amide bonds. The van der Waals surface area contributed by atoms with Crippen molar-refractivity contribution in [2.75, 3.05) is 23.7 Å². The van der Waals surface area contributed by atoms with Crippen LogP contribution >= 0.6 is 0 Å². The number of nitrogens with zero attached hydrogens (tertiary/aromatic N) is 1. The van der Waals surface area contributed by atoms with Crippen LogP contribution in [0.5, 0.6) is 0 Å². The molecule has 0 saturated carbocycles. The topological polar surface area (TPSA) is 83.6 Å². The van der Waals surface area contributed by atoms with Crippen molar-refractivity contribution in [3.63, 3.8) is 0 Å². The molecule has 24 heavy (non-hydrogen) atoms. The minimum Gasteiger partial charge on any atom is -0.273 e. The number of benzene rings is 2. The minimum absolute atomic E-state index is 0.127. The Hall–Kier alpha value is -1.97. The van der Waals surface area contributed by atoms with E-state index in [-0.39, 0.29) is 11.4 Å². The first kappa shape index (κ1) is 18.4. The van der Waals surface area contributed by atoms with Gasteiger partial charge in [-0.25, -0.2) is 25.9 Å². The molecular weight excluding hydrogens is 355 g/mol. The summed E-state index contributed by atoms with van der Waals surface area (Å²) >= 11 is 0. The van der Waals surface area contributed by atoms with Crippen molar-refractivity contribution in [2.24, 2.45) is 0 Å². The lowest BCUT2D eigenvalue weighted by atomic mass is 10.3. The van der Waals surface area contributed by atoms with E-state index in [0.717, 1.165) is 28.6 Å². The normalized spacial score (nSPS) is 12.1. The number of nitrogens with one attached hydrogen (secondary N) is 1. The molecular formula is C15H17FN2O4S2. The van der Waals surface area contributed by atoms with Crippen LogP contribution in [0.4, 0.5) is 10.1 Å². The summed E-state index contributed by atoms with van der Waals surface area (Å²) in [6, 6.07) is 12.7. The number of halogens is 1. The quantitative estimate of drug-likeness (QED) is 0.800. The monoisotopic (exact) mass is 372 g/mol. The summed E-state index contributed by atoms with van der Waals surface area (Å²) in [4.78, 5) is -0.127. The Morgan fingerprint density at radius 3 is 2.12 bits per heavy atom. The van der Waals surface area contributed by atoms with E-state index in [1.165, 1.54) is 7.05 Å². The summed E-state index contributed by atoms with van der Waals surface area (Å²) in [6.07, 6.45) is 0. The standard InChI is InChI=1S/C15H17FN2O4S2/c1-18(14-5-3-2-4-6-14)23(19,20)12-11-17-24(21,22)15-9-7-13(16)8-10-15/h2-10,17H,11-12H2,1H3. The van der Waals surface area contributed by atoms with Gasteiger partial charge in [0.25, 0.3) is 0 Å². The number of anilines is 1. The Morgan fingerprint density at radius 1 is 0.958 bits per heavy atom. The predicted octanol–water partition coefficient (Wildman–Crippen LogP) is 1.57. The number of hydrogen-bond donors (Lipinski definition) is 1. The second kappa shape index (κ2) is 7.29. The highest BCUT2D eigenvalue weighted by atomic mass is 32.2. The Bertz CT molecular complexity index is 883. The smallest absolute Gasteiger partial charge is 0.240 e. The van der Waals surface area contributed by atoms with Gasteiger partial charge in [0.05, 0.1) is 16.3 Å². The van der Waals surface area contributed by atoms with Crippen molar-refractivity contribution in [1.29, 1.82) is 0 Å². The molecule has 0 aromatic heterocycles. The molecule has 0 atom stereocenters. The molecule has 0 heterocycles. The lowest BCUT2D eigenvalue weighted by molar-refractivity contribution is 0.580. The van der Waals surface area contributed by atoms with Crippen molar-refractivity contribution in [1.82, 2.24) is 4.72 Å². The fraction of sp³-hybridized carbons (Fsp3) is 0.200. The molecule has 0 bridgehead atoms. The van der Waals surface area contributed by atoms with Gasteiger partial charge in [0.2, 0.25) is 20.0 Å². The van der Waals surface area contributed by atoms with Gasteiger partial charge in [-0.2, -0.15) is 0 Å². The van der Waals surface area contributed by atoms with Crippen molar-refractivity contribution in [2.45, 2.75) is 4.90 Å². The average Bonchev–Trinajstić information content (AvgIpc) is 2.55. The van der Waals surface area contributed by atoms with Crippen LogP contribution in [0.25, 0.3) is 0 Å². The molecule has 0 aliphatic heterocycles. The second-order valence-corrected chi connectivity index (χ2v) is 8.86. The summed E-state index contributed by atoms with van der Waals surface area (Å²) in [7, 11) is -6.17. The summed E-state index contributed by atoms with van der Waals surface area (Å²) < 4.78 is 64.7. The Morgan fingerprint density at radius 2 is 1.54 bits per heavy atom. The van der Waals surface area contributed by atoms with Crippen LogP contribution in [0, 0.1) is 5.82 Å². The highest BCUT2D eigenvalue weighted by Crippen LogP contribution is 2.15. The third-order valence-corrected chi connectivity index (χ3v) is 6.56. The molecule has 0 unspecified atom stereocenters. The maximum absolute atomic E-state index is 12.8. The molecule has 2 aromatic carbocycles. The van der Waals surface area contributed by atoms with Crippen LogP contribution < -0.4 is 9.03 Å². The second-order valence-electron chi connectivity index (χ2n) is 4.97. The van der Waals surface area contributed by atoms with E-state index in [2.05, 4.69) is 4.72 Å². The van der Waals surface area contributed by atoms with E-state index in [9.17, 15) is 21.2 Å². The maximum Gasteiger partial charge on any atom is 0.240 e. The van der Waals surface area contributed by atoms with Crippen molar-refractivity contribution >= 4 is 25.7 Å². The zero-order valence-corrected chi connectivity index (χ0v) is 14.5. The van der Waals surface area contributed by atoms with Gasteiger partial charge in [-0.1, -0.05) is 18.2 Å². The lowest BCUT2D eigenvalue weighted by Gasteiger charge is -2.19. The van der Waals surface area contributed by atoms with E-state index in [4.69, 9.17) is 0 Å². The maximum atomic E-state index is 12.8. The van der Waals surface area contributed by atoms with Gasteiger partial charge in [0, 0.05) is 13.6 Å². The third kappa shape index (κ3) is 4.53. The Balaban J connectivity index is 2.01. The van der Waals surface area contributed by atoms with E-state index in [1.54, 1.807) is 30.3 Å². The molecule has 0 saturated heterocycles. The fourth-order valence-corrected chi connectivity index (χ4v) is 4.18. The van der Waals surface area contributed by atoms with Gasteiger partial charge in [0.15, 0.2) is 0 Å². The number of para-hydroxylation sites is 1. The SMILES string of the molecule is CN(c1ccccc1)S(=O)(=O)CCNS(=O)(=O)c1ccc(F)cc1. The largest absolute Gasteiger partial charge is 0.273 e. The summed E-state index contributed by atoms with van der Waals surface area (Å²) in [5, 5.41) is 0. The molecule has 9 heteroatoms. The van der Waals surface area contributed by atoms with Gasteiger partial charge >= 0.3 is 0 Å². The first-order valence-corrected chi connectivity index (χ1v) is 10.1. The Labute approximate surface area is 141 Å². The van der Waals surface area contributed by atoms with Crippen LogP contribution in [0.2, 0.25) is 0 Å². The van der Waals surface area contributed by atoms with E-state index in [1.807, 2.05) is 0 Å². The van der Waals surface area contributed by atoms with E-state index in [0.29, 0.717) is 5.69 Å². The average molecular weight is 372 g/mol. The van der Waals surface area contributed by atoms with Crippen LogP contribution in [0.1, 0.15) is 0 Å². The summed E-state index contributed by atoms with van der Waals surface area (Å²) in [5.41, 5.74) is 0.485. The molecule has 2 rings (SSSR count). The molecule has 130 valence electrons. The van der Waals surface area contributed by atoms with Gasteiger partial charge in [-0.3, -0.25) is 4.31 Å². The van der Waals surface area contributed by atoms with Crippen LogP contribution in [-0.4, -0.2) is 36.2 Å². The molecule has 0 fully saturated rings. The number of hydrogen-bond acceptors (Lipinski definition) is 4.